The van der Waals surface area contributed by atoms with E-state index in [1.165, 1.54) is 12.1 Å². The smallest absolute Gasteiger partial charge is 0.240 e. The van der Waals surface area contributed by atoms with E-state index < -0.39 is 10.0 Å². The van der Waals surface area contributed by atoms with Crippen molar-refractivity contribution in [3.63, 3.8) is 0 Å². The average molecular weight is 310 g/mol. The van der Waals surface area contributed by atoms with Crippen molar-refractivity contribution >= 4 is 10.0 Å². The Balaban J connectivity index is 2.57. The predicted octanol–water partition coefficient (Wildman–Crippen LogP) is 1.09. The Morgan fingerprint density at radius 3 is 2.86 bits per heavy atom. The molecule has 0 saturated heterocycles. The maximum Gasteiger partial charge on any atom is 0.240 e. The Bertz CT molecular complexity index is 588. The van der Waals surface area contributed by atoms with Crippen LogP contribution in [0.4, 0.5) is 0 Å². The van der Waals surface area contributed by atoms with Crippen molar-refractivity contribution in [1.29, 1.82) is 0 Å². The number of benzene rings is 1. The first-order chi connectivity index (χ1) is 10.1. The van der Waals surface area contributed by atoms with Gasteiger partial charge in [0.2, 0.25) is 10.0 Å². The summed E-state index contributed by atoms with van der Waals surface area (Å²) in [6, 6.07) is 6.47. The van der Waals surface area contributed by atoms with Gasteiger partial charge in [-0.25, -0.2) is 13.1 Å². The van der Waals surface area contributed by atoms with Gasteiger partial charge in [0.1, 0.15) is 0 Å². The zero-order valence-corrected chi connectivity index (χ0v) is 13.1. The van der Waals surface area contributed by atoms with Gasteiger partial charge >= 0.3 is 0 Å². The number of unbranched alkanes of at least 4 members (excludes halogenated alkanes) is 1. The van der Waals surface area contributed by atoms with Gasteiger partial charge < -0.3 is 10.5 Å². The second kappa shape index (κ2) is 9.53. The van der Waals surface area contributed by atoms with Crippen LogP contribution in [0, 0.1) is 11.8 Å². The standard InChI is InChI=1S/C15H22N2O3S/c1-2-3-11-20-12-10-17-21(18,19)15-8-4-6-14(13-15)7-5-9-16/h4,6,8,13,17H,2-3,9-12,16H2,1H3. The fourth-order valence-electron chi connectivity index (χ4n) is 1.57. The second-order valence-electron chi connectivity index (χ2n) is 4.40. The van der Waals surface area contributed by atoms with Gasteiger partial charge in [0, 0.05) is 18.7 Å². The number of nitrogens with two attached hydrogens (primary N) is 1. The highest BCUT2D eigenvalue weighted by molar-refractivity contribution is 7.89. The van der Waals surface area contributed by atoms with Crippen LogP contribution in [-0.4, -0.2) is 34.7 Å². The topological polar surface area (TPSA) is 81.4 Å². The van der Waals surface area contributed by atoms with Gasteiger partial charge in [0.05, 0.1) is 18.0 Å². The van der Waals surface area contributed by atoms with Crippen LogP contribution in [0.5, 0.6) is 0 Å². The molecule has 0 bridgehead atoms. The Labute approximate surface area is 126 Å². The highest BCUT2D eigenvalue weighted by Gasteiger charge is 2.13. The summed E-state index contributed by atoms with van der Waals surface area (Å²) in [6.07, 6.45) is 2.04. The largest absolute Gasteiger partial charge is 0.380 e. The molecule has 0 fully saturated rings. The predicted molar refractivity (Wildman–Crippen MR) is 83.3 cm³/mol. The molecule has 0 heterocycles. The molecule has 5 nitrogen and oxygen atoms in total. The summed E-state index contributed by atoms with van der Waals surface area (Å²) in [7, 11) is -3.53. The third-order valence-corrected chi connectivity index (χ3v) is 4.12. The summed E-state index contributed by atoms with van der Waals surface area (Å²) in [5.41, 5.74) is 5.93. The molecular weight excluding hydrogens is 288 g/mol. The van der Waals surface area contributed by atoms with Gasteiger partial charge in [-0.05, 0) is 24.6 Å². The normalized spacial score (nSPS) is 11.0. The van der Waals surface area contributed by atoms with Crippen LogP contribution < -0.4 is 10.5 Å². The van der Waals surface area contributed by atoms with Crippen molar-refractivity contribution in [3.05, 3.63) is 29.8 Å². The van der Waals surface area contributed by atoms with Gasteiger partial charge in [-0.15, -0.1) is 0 Å². The zero-order valence-electron chi connectivity index (χ0n) is 12.3. The fourth-order valence-corrected chi connectivity index (χ4v) is 2.63. The molecule has 1 aromatic rings. The number of hydrogen-bond donors (Lipinski definition) is 2. The zero-order chi connectivity index (χ0) is 15.6. The molecule has 1 aromatic carbocycles. The molecule has 0 radical (unpaired) electrons. The maximum atomic E-state index is 12.1. The summed E-state index contributed by atoms with van der Waals surface area (Å²) in [5, 5.41) is 0. The SMILES string of the molecule is CCCCOCCNS(=O)(=O)c1cccc(C#CCN)c1. The minimum absolute atomic E-state index is 0.194. The van der Waals surface area contributed by atoms with Crippen LogP contribution >= 0.6 is 0 Å². The van der Waals surface area contributed by atoms with Gasteiger partial charge in [0.25, 0.3) is 0 Å². The Morgan fingerprint density at radius 1 is 1.33 bits per heavy atom. The number of rotatable bonds is 8. The Kier molecular flexibility index (Phi) is 8.01. The van der Waals surface area contributed by atoms with Crippen LogP contribution in [0.25, 0.3) is 0 Å². The van der Waals surface area contributed by atoms with Gasteiger partial charge in [-0.1, -0.05) is 31.3 Å². The van der Waals surface area contributed by atoms with E-state index in [-0.39, 0.29) is 18.0 Å². The second-order valence-corrected chi connectivity index (χ2v) is 6.16. The molecular formula is C15H22N2O3S. The lowest BCUT2D eigenvalue weighted by atomic mass is 10.2. The molecule has 0 aliphatic heterocycles. The highest BCUT2D eigenvalue weighted by atomic mass is 32.2. The Hall–Kier alpha value is -1.39. The third kappa shape index (κ3) is 6.74. The van der Waals surface area contributed by atoms with Crippen molar-refractivity contribution in [1.82, 2.24) is 4.72 Å². The van der Waals surface area contributed by atoms with Crippen LogP contribution in [0.3, 0.4) is 0 Å². The molecule has 116 valence electrons. The van der Waals surface area contributed by atoms with E-state index in [0.717, 1.165) is 12.8 Å². The molecule has 3 N–H and O–H groups in total. The highest BCUT2D eigenvalue weighted by Crippen LogP contribution is 2.10. The molecule has 1 rings (SSSR count). The monoisotopic (exact) mass is 310 g/mol. The third-order valence-electron chi connectivity index (χ3n) is 2.66. The van der Waals surface area contributed by atoms with Crippen molar-refractivity contribution in [3.8, 4) is 11.8 Å². The van der Waals surface area contributed by atoms with Crippen molar-refractivity contribution in [2.75, 3.05) is 26.3 Å². The van der Waals surface area contributed by atoms with E-state index in [4.69, 9.17) is 10.5 Å². The molecule has 0 aliphatic rings. The quantitative estimate of drug-likeness (QED) is 0.556. The first-order valence-corrected chi connectivity index (χ1v) is 8.45. The summed E-state index contributed by atoms with van der Waals surface area (Å²) in [5.74, 6) is 5.51. The summed E-state index contributed by atoms with van der Waals surface area (Å²) < 4.78 is 32.0. The molecule has 0 amide bonds. The van der Waals surface area contributed by atoms with Crippen LogP contribution in [0.1, 0.15) is 25.3 Å². The lowest BCUT2D eigenvalue weighted by Crippen LogP contribution is -2.27. The summed E-state index contributed by atoms with van der Waals surface area (Å²) in [4.78, 5) is 0.194. The van der Waals surface area contributed by atoms with E-state index in [1.807, 2.05) is 0 Å². The van der Waals surface area contributed by atoms with Crippen LogP contribution in [-0.2, 0) is 14.8 Å². The molecule has 0 unspecified atom stereocenters. The van der Waals surface area contributed by atoms with E-state index in [0.29, 0.717) is 18.8 Å². The van der Waals surface area contributed by atoms with E-state index in [9.17, 15) is 8.42 Å². The maximum absolute atomic E-state index is 12.1. The first kappa shape index (κ1) is 17.7. The molecule has 0 aliphatic carbocycles. The van der Waals surface area contributed by atoms with E-state index >= 15 is 0 Å². The van der Waals surface area contributed by atoms with E-state index in [2.05, 4.69) is 23.5 Å². The molecule has 6 heteroatoms. The van der Waals surface area contributed by atoms with Crippen LogP contribution in [0.15, 0.2) is 29.2 Å². The first-order valence-electron chi connectivity index (χ1n) is 6.96. The molecule has 0 atom stereocenters. The summed E-state index contributed by atoms with van der Waals surface area (Å²) in [6.45, 7) is 3.59. The fraction of sp³-hybridized carbons (Fsp3) is 0.467. The molecule has 0 saturated carbocycles. The van der Waals surface area contributed by atoms with E-state index in [1.54, 1.807) is 12.1 Å². The number of hydrogen-bond acceptors (Lipinski definition) is 4. The number of sulfonamides is 1. The minimum Gasteiger partial charge on any atom is -0.380 e. The molecule has 21 heavy (non-hydrogen) atoms. The molecule has 0 aromatic heterocycles. The average Bonchev–Trinajstić information content (AvgIpc) is 2.49. The van der Waals surface area contributed by atoms with Gasteiger partial charge in [-0.3, -0.25) is 0 Å². The number of ether oxygens (including phenoxy) is 1. The van der Waals surface area contributed by atoms with Crippen molar-refractivity contribution < 1.29 is 13.2 Å². The lowest BCUT2D eigenvalue weighted by Gasteiger charge is -2.07. The minimum atomic E-state index is -3.53. The van der Waals surface area contributed by atoms with Gasteiger partial charge in [0.15, 0.2) is 0 Å². The molecule has 0 spiro atoms. The number of nitrogens with one attached hydrogen (secondary N) is 1. The van der Waals surface area contributed by atoms with Crippen LogP contribution in [0.2, 0.25) is 0 Å². The summed E-state index contributed by atoms with van der Waals surface area (Å²) >= 11 is 0. The van der Waals surface area contributed by atoms with Crippen molar-refractivity contribution in [2.45, 2.75) is 24.7 Å². The van der Waals surface area contributed by atoms with Crippen molar-refractivity contribution in [2.24, 2.45) is 5.73 Å². The lowest BCUT2D eigenvalue weighted by molar-refractivity contribution is 0.136. The van der Waals surface area contributed by atoms with Gasteiger partial charge in [-0.2, -0.15) is 0 Å². The Morgan fingerprint density at radius 2 is 2.14 bits per heavy atom.